The van der Waals surface area contributed by atoms with Crippen LogP contribution in [-0.2, 0) is 4.79 Å². The summed E-state index contributed by atoms with van der Waals surface area (Å²) in [6, 6.07) is 18.4. The molecular formula is C24H19N4O4S-. The van der Waals surface area contributed by atoms with Crippen LogP contribution in [0, 0.1) is 10.1 Å². The van der Waals surface area contributed by atoms with Crippen molar-refractivity contribution in [2.45, 2.75) is 0 Å². The lowest BCUT2D eigenvalue weighted by molar-refractivity contribution is -0.398. The van der Waals surface area contributed by atoms with E-state index in [1.807, 2.05) is 12.1 Å². The van der Waals surface area contributed by atoms with E-state index in [0.29, 0.717) is 15.6 Å². The van der Waals surface area contributed by atoms with E-state index in [1.165, 1.54) is 40.4 Å². The molecule has 0 bridgehead atoms. The molecule has 3 aromatic carbocycles. The van der Waals surface area contributed by atoms with Gasteiger partial charge >= 0.3 is 0 Å². The molecule has 0 aromatic heterocycles. The number of carbonyl (C=O) groups excluding carboxylic acids is 1. The van der Waals surface area contributed by atoms with Crippen LogP contribution in [0.3, 0.4) is 0 Å². The Balaban J connectivity index is 1.28. The van der Waals surface area contributed by atoms with Crippen LogP contribution in [0.5, 0.6) is 5.75 Å². The molecule has 1 fully saturated rings. The molecule has 9 heteroatoms. The van der Waals surface area contributed by atoms with Gasteiger partial charge in [0, 0.05) is 43.3 Å². The molecule has 2 heterocycles. The number of thioether (sulfide) groups is 1. The molecule has 5 rings (SSSR count). The highest BCUT2D eigenvalue weighted by molar-refractivity contribution is 8.18. The molecule has 0 spiro atoms. The third-order valence-electron chi connectivity index (χ3n) is 5.74. The minimum atomic E-state index is -0.717. The Bertz CT molecular complexity index is 1320. The van der Waals surface area contributed by atoms with E-state index >= 15 is 0 Å². The number of anilines is 1. The van der Waals surface area contributed by atoms with Gasteiger partial charge in [-0.3, -0.25) is 14.9 Å². The molecule has 8 nitrogen and oxygen atoms in total. The Morgan fingerprint density at radius 1 is 0.970 bits per heavy atom. The fourth-order valence-corrected chi connectivity index (χ4v) is 5.04. The summed E-state index contributed by atoms with van der Waals surface area (Å²) in [6.07, 6.45) is 1.54. The van der Waals surface area contributed by atoms with Crippen LogP contribution in [0.2, 0.25) is 0 Å². The van der Waals surface area contributed by atoms with Crippen molar-refractivity contribution in [1.29, 1.82) is 0 Å². The predicted octanol–water partition coefficient (Wildman–Crippen LogP) is 3.61. The molecule has 1 saturated heterocycles. The van der Waals surface area contributed by atoms with Gasteiger partial charge in [0.15, 0.2) is 5.17 Å². The highest BCUT2D eigenvalue weighted by Gasteiger charge is 2.29. The lowest BCUT2D eigenvalue weighted by Gasteiger charge is -2.37. The fourth-order valence-electron chi connectivity index (χ4n) is 4.07. The maximum atomic E-state index is 12.4. The Labute approximate surface area is 194 Å². The second kappa shape index (κ2) is 8.59. The number of aliphatic imine (C=N–C) groups is 1. The van der Waals surface area contributed by atoms with Gasteiger partial charge in [0.25, 0.3) is 11.6 Å². The quantitative estimate of drug-likeness (QED) is 0.335. The van der Waals surface area contributed by atoms with E-state index in [0.717, 1.165) is 32.2 Å². The number of rotatable bonds is 3. The van der Waals surface area contributed by atoms with Gasteiger partial charge in [-0.05, 0) is 40.6 Å². The number of benzene rings is 3. The zero-order valence-electron chi connectivity index (χ0n) is 17.5. The standard InChI is InChI=1S/C24H20N4O4S/c29-21-9-8-16(14-20(21)28(31)32)15-22-23(30)25-24(33-22)27-12-10-26(11-13-27)19-7-3-5-17-4-1-2-6-18(17)19/h1-9,14-15,29H,10-13H2/p-1/b22-15+. The predicted molar refractivity (Wildman–Crippen MR) is 128 cm³/mol. The van der Waals surface area contributed by atoms with Crippen molar-refractivity contribution in [3.8, 4) is 5.75 Å². The van der Waals surface area contributed by atoms with Gasteiger partial charge in [-0.1, -0.05) is 48.5 Å². The maximum Gasteiger partial charge on any atom is 0.286 e. The lowest BCUT2D eigenvalue weighted by atomic mass is 10.1. The van der Waals surface area contributed by atoms with Gasteiger partial charge in [-0.25, -0.2) is 0 Å². The monoisotopic (exact) mass is 459 g/mol. The number of hydrogen-bond acceptors (Lipinski definition) is 7. The summed E-state index contributed by atoms with van der Waals surface area (Å²) in [5, 5.41) is 25.7. The summed E-state index contributed by atoms with van der Waals surface area (Å²) < 4.78 is 0. The van der Waals surface area contributed by atoms with Crippen LogP contribution >= 0.6 is 11.8 Å². The molecule has 0 radical (unpaired) electrons. The van der Waals surface area contributed by atoms with Crippen molar-refractivity contribution in [3.63, 3.8) is 0 Å². The zero-order chi connectivity index (χ0) is 22.9. The summed E-state index contributed by atoms with van der Waals surface area (Å²) in [5.74, 6) is -1.03. The highest BCUT2D eigenvalue weighted by Crippen LogP contribution is 2.33. The maximum absolute atomic E-state index is 12.4. The topological polar surface area (TPSA) is 102 Å². The zero-order valence-corrected chi connectivity index (χ0v) is 18.3. The third-order valence-corrected chi connectivity index (χ3v) is 6.79. The molecule has 0 atom stereocenters. The summed E-state index contributed by atoms with van der Waals surface area (Å²) in [7, 11) is 0. The first-order chi connectivity index (χ1) is 16.0. The molecule has 0 N–H and O–H groups in total. The van der Waals surface area contributed by atoms with Gasteiger partial charge in [-0.15, -0.1) is 0 Å². The van der Waals surface area contributed by atoms with Crippen LogP contribution in [0.4, 0.5) is 11.4 Å². The third kappa shape index (κ3) is 4.14. The van der Waals surface area contributed by atoms with Crippen molar-refractivity contribution < 1.29 is 14.8 Å². The van der Waals surface area contributed by atoms with E-state index in [2.05, 4.69) is 45.1 Å². The smallest absolute Gasteiger partial charge is 0.286 e. The first kappa shape index (κ1) is 21.0. The molecule has 1 amide bonds. The van der Waals surface area contributed by atoms with Crippen LogP contribution < -0.4 is 10.0 Å². The number of fused-ring (bicyclic) bond motifs is 1. The lowest BCUT2D eigenvalue weighted by Crippen LogP contribution is -2.47. The Morgan fingerprint density at radius 3 is 2.48 bits per heavy atom. The average Bonchev–Trinajstić information content (AvgIpc) is 3.20. The first-order valence-corrected chi connectivity index (χ1v) is 11.3. The van der Waals surface area contributed by atoms with Crippen molar-refractivity contribution in [3.05, 3.63) is 81.2 Å². The second-order valence-corrected chi connectivity index (χ2v) is 8.78. The van der Waals surface area contributed by atoms with Gasteiger partial charge in [0.1, 0.15) is 0 Å². The molecular weight excluding hydrogens is 440 g/mol. The minimum Gasteiger partial charge on any atom is -0.868 e. The van der Waals surface area contributed by atoms with Crippen LogP contribution in [0.15, 0.2) is 70.6 Å². The molecule has 166 valence electrons. The highest BCUT2D eigenvalue weighted by atomic mass is 32.2. The second-order valence-electron chi connectivity index (χ2n) is 7.77. The molecule has 0 unspecified atom stereocenters. The van der Waals surface area contributed by atoms with Gasteiger partial charge in [0.2, 0.25) is 0 Å². The van der Waals surface area contributed by atoms with E-state index < -0.39 is 16.4 Å². The molecule has 0 aliphatic carbocycles. The largest absolute Gasteiger partial charge is 0.868 e. The number of amidine groups is 1. The summed E-state index contributed by atoms with van der Waals surface area (Å²) in [5.41, 5.74) is 1.12. The van der Waals surface area contributed by atoms with Gasteiger partial charge in [0.05, 0.1) is 9.83 Å². The molecule has 0 saturated carbocycles. The Hall–Kier alpha value is -3.85. The molecule has 33 heavy (non-hydrogen) atoms. The van der Waals surface area contributed by atoms with Crippen LogP contribution in [-0.4, -0.2) is 47.1 Å². The Morgan fingerprint density at radius 2 is 1.70 bits per heavy atom. The van der Waals surface area contributed by atoms with Crippen LogP contribution in [0.1, 0.15) is 5.56 Å². The summed E-state index contributed by atoms with van der Waals surface area (Å²) in [6.45, 7) is 3.06. The number of amides is 1. The van der Waals surface area contributed by atoms with Crippen LogP contribution in [0.25, 0.3) is 16.8 Å². The summed E-state index contributed by atoms with van der Waals surface area (Å²) >= 11 is 1.26. The van der Waals surface area contributed by atoms with Crippen molar-refractivity contribution in [1.82, 2.24) is 4.90 Å². The number of hydrogen-bond donors (Lipinski definition) is 0. The number of nitro benzene ring substituents is 1. The first-order valence-electron chi connectivity index (χ1n) is 10.5. The van der Waals surface area contributed by atoms with E-state index in [1.54, 1.807) is 6.08 Å². The average molecular weight is 460 g/mol. The molecule has 2 aliphatic rings. The van der Waals surface area contributed by atoms with Crippen molar-refractivity contribution >= 4 is 51.1 Å². The summed E-state index contributed by atoms with van der Waals surface area (Å²) in [4.78, 5) is 31.8. The number of nitrogens with zero attached hydrogens (tertiary/aromatic N) is 4. The van der Waals surface area contributed by atoms with E-state index in [9.17, 15) is 20.0 Å². The number of nitro groups is 1. The van der Waals surface area contributed by atoms with Crippen molar-refractivity contribution in [2.75, 3.05) is 31.1 Å². The Kier molecular flexibility index (Phi) is 5.47. The van der Waals surface area contributed by atoms with Crippen molar-refractivity contribution in [2.24, 2.45) is 4.99 Å². The normalized spacial score (nSPS) is 17.6. The fraction of sp³-hybridized carbons (Fsp3) is 0.167. The molecule has 3 aromatic rings. The minimum absolute atomic E-state index is 0.375. The SMILES string of the molecule is O=C1N=C(N2CCN(c3cccc4ccccc34)CC2)S/C1=C/c1ccc([O-])c([N+](=O)[O-])c1. The molecule has 2 aliphatic heterocycles. The number of carbonyl (C=O) groups is 1. The van der Waals surface area contributed by atoms with E-state index in [4.69, 9.17) is 0 Å². The number of piperazine rings is 1. The van der Waals surface area contributed by atoms with Gasteiger partial charge in [-0.2, -0.15) is 4.99 Å². The van der Waals surface area contributed by atoms with E-state index in [-0.39, 0.29) is 5.91 Å². The van der Waals surface area contributed by atoms with Gasteiger partial charge < -0.3 is 14.9 Å².